The molecule has 0 atom stereocenters. The zero-order valence-corrected chi connectivity index (χ0v) is 26.7. The van der Waals surface area contributed by atoms with Gasteiger partial charge in [-0.2, -0.15) is 0 Å². The second-order valence-corrected chi connectivity index (χ2v) is 13.7. The van der Waals surface area contributed by atoms with Gasteiger partial charge in [0.25, 0.3) is 0 Å². The van der Waals surface area contributed by atoms with Gasteiger partial charge in [0, 0.05) is 13.2 Å². The van der Waals surface area contributed by atoms with Crippen molar-refractivity contribution in [2.24, 2.45) is 0 Å². The Kier molecular flexibility index (Phi) is 14.8. The molecule has 0 N–H and O–H groups in total. The van der Waals surface area contributed by atoms with Crippen molar-refractivity contribution in [1.82, 2.24) is 0 Å². The molecule has 0 saturated carbocycles. The Morgan fingerprint density at radius 2 is 0.921 bits per heavy atom. The van der Waals surface area contributed by atoms with Gasteiger partial charge in [0.2, 0.25) is 0 Å². The first-order valence-corrected chi connectivity index (χ1v) is 16.3. The third-order valence-electron chi connectivity index (χ3n) is 7.47. The highest BCUT2D eigenvalue weighted by atomic mass is 79.9. The number of ether oxygens (including phenoxy) is 2. The van der Waals surface area contributed by atoms with Crippen molar-refractivity contribution >= 4 is 23.2 Å². The molecule has 38 heavy (non-hydrogen) atoms. The molecule has 0 radical (unpaired) electrons. The van der Waals surface area contributed by atoms with Gasteiger partial charge in [-0.05, 0) is 95.2 Å². The SMILES string of the molecule is CCOC(CCCCCCCC[P+](c1ccccc1C)(c1ccccc1C)c1ccccc1C)OCC.[Br-]. The Morgan fingerprint density at radius 1 is 0.553 bits per heavy atom. The zero-order chi connectivity index (χ0) is 26.5. The second-order valence-electron chi connectivity index (χ2n) is 10.1. The molecule has 0 fully saturated rings. The van der Waals surface area contributed by atoms with Crippen LogP contribution >= 0.6 is 7.26 Å². The lowest BCUT2D eigenvalue weighted by Crippen LogP contribution is -3.00. The summed E-state index contributed by atoms with van der Waals surface area (Å²) < 4.78 is 11.4. The maximum absolute atomic E-state index is 5.70. The fraction of sp³-hybridized carbons (Fsp3) is 0.471. The molecule has 3 rings (SSSR count). The van der Waals surface area contributed by atoms with E-state index in [1.807, 2.05) is 13.8 Å². The van der Waals surface area contributed by atoms with E-state index >= 15 is 0 Å². The van der Waals surface area contributed by atoms with Crippen molar-refractivity contribution in [3.05, 3.63) is 89.5 Å². The molecule has 0 aliphatic rings. The third-order valence-corrected chi connectivity index (χ3v) is 12.4. The number of benzene rings is 3. The second kappa shape index (κ2) is 17.2. The van der Waals surface area contributed by atoms with Crippen LogP contribution < -0.4 is 32.9 Å². The van der Waals surface area contributed by atoms with Crippen molar-refractivity contribution in [2.45, 2.75) is 85.9 Å². The normalized spacial score (nSPS) is 11.5. The molecule has 0 unspecified atom stereocenters. The van der Waals surface area contributed by atoms with Crippen LogP contribution in [-0.4, -0.2) is 25.7 Å². The van der Waals surface area contributed by atoms with Crippen LogP contribution in [0.3, 0.4) is 0 Å². The van der Waals surface area contributed by atoms with Gasteiger partial charge >= 0.3 is 0 Å². The lowest BCUT2D eigenvalue weighted by molar-refractivity contribution is -0.140. The summed E-state index contributed by atoms with van der Waals surface area (Å²) in [6.07, 6.45) is 9.75. The van der Waals surface area contributed by atoms with Crippen LogP contribution in [0.2, 0.25) is 0 Å². The van der Waals surface area contributed by atoms with Crippen LogP contribution in [-0.2, 0) is 9.47 Å². The lowest BCUT2D eigenvalue weighted by Gasteiger charge is -2.31. The minimum atomic E-state index is -1.79. The summed E-state index contributed by atoms with van der Waals surface area (Å²) in [5.74, 6) is 0. The molecule has 0 amide bonds. The van der Waals surface area contributed by atoms with Gasteiger partial charge in [-0.25, -0.2) is 0 Å². The molecular weight excluding hydrogens is 551 g/mol. The molecular formula is C34H48BrO2P. The fourth-order valence-electron chi connectivity index (χ4n) is 5.68. The summed E-state index contributed by atoms with van der Waals surface area (Å²) in [5.41, 5.74) is 4.25. The van der Waals surface area contributed by atoms with Crippen LogP contribution in [0.25, 0.3) is 0 Å². The molecule has 0 saturated heterocycles. The summed E-state index contributed by atoms with van der Waals surface area (Å²) in [6, 6.07) is 27.4. The quantitative estimate of drug-likeness (QED) is 0.131. The monoisotopic (exact) mass is 598 g/mol. The number of rotatable bonds is 16. The molecule has 4 heteroatoms. The molecule has 208 valence electrons. The molecule has 0 aromatic heterocycles. The average Bonchev–Trinajstić information content (AvgIpc) is 2.90. The molecule has 0 aliphatic heterocycles. The van der Waals surface area contributed by atoms with Crippen LogP contribution in [0, 0.1) is 20.8 Å². The predicted molar refractivity (Wildman–Crippen MR) is 164 cm³/mol. The highest BCUT2D eigenvalue weighted by Crippen LogP contribution is 2.58. The van der Waals surface area contributed by atoms with Crippen LogP contribution in [0.5, 0.6) is 0 Å². The van der Waals surface area contributed by atoms with Crippen LogP contribution in [0.4, 0.5) is 0 Å². The highest BCUT2D eigenvalue weighted by molar-refractivity contribution is 7.96. The van der Waals surface area contributed by atoms with E-state index in [4.69, 9.17) is 9.47 Å². The minimum absolute atomic E-state index is 0. The molecule has 0 aliphatic carbocycles. The lowest BCUT2D eigenvalue weighted by atomic mass is 10.1. The highest BCUT2D eigenvalue weighted by Gasteiger charge is 2.47. The summed E-state index contributed by atoms with van der Waals surface area (Å²) in [4.78, 5) is 0. The molecule has 0 spiro atoms. The first-order chi connectivity index (χ1) is 18.0. The van der Waals surface area contributed by atoms with E-state index in [0.717, 1.165) is 19.6 Å². The fourth-order valence-corrected chi connectivity index (χ4v) is 10.9. The van der Waals surface area contributed by atoms with Gasteiger partial charge in [0.1, 0.15) is 23.2 Å². The summed E-state index contributed by atoms with van der Waals surface area (Å²) in [7, 11) is -1.79. The van der Waals surface area contributed by atoms with Crippen molar-refractivity contribution in [3.63, 3.8) is 0 Å². The molecule has 0 heterocycles. The zero-order valence-electron chi connectivity index (χ0n) is 24.2. The van der Waals surface area contributed by atoms with Gasteiger partial charge < -0.3 is 26.5 Å². The number of hydrogen-bond acceptors (Lipinski definition) is 2. The summed E-state index contributed by atoms with van der Waals surface area (Å²) >= 11 is 0. The molecule has 3 aromatic carbocycles. The number of halogens is 1. The van der Waals surface area contributed by atoms with E-state index in [-0.39, 0.29) is 23.3 Å². The Hall–Kier alpha value is -1.51. The van der Waals surface area contributed by atoms with Crippen LogP contribution in [0.1, 0.15) is 75.5 Å². The maximum Gasteiger partial charge on any atom is 0.157 e. The van der Waals surface area contributed by atoms with Crippen molar-refractivity contribution in [1.29, 1.82) is 0 Å². The molecule has 2 nitrogen and oxygen atoms in total. The average molecular weight is 600 g/mol. The standard InChI is InChI=1S/C34H48O2P.BrH/c1-6-35-34(36-7-2)26-12-10-8-9-11-19-27-37(31-23-16-13-20-28(31)3,32-24-17-14-21-29(32)4)33-25-18-15-22-30(33)5;/h13-18,20-25,34H,6-12,19,26-27H2,1-5H3;1H/q+1;/p-1. The largest absolute Gasteiger partial charge is 1.00 e. The predicted octanol–water partition coefficient (Wildman–Crippen LogP) is 5.04. The summed E-state index contributed by atoms with van der Waals surface area (Å²) in [6.45, 7) is 12.4. The number of unbranched alkanes of at least 4 members (excludes halogenated alkanes) is 5. The summed E-state index contributed by atoms with van der Waals surface area (Å²) in [5, 5.41) is 4.66. The molecule has 0 bridgehead atoms. The Labute approximate surface area is 243 Å². The van der Waals surface area contributed by atoms with E-state index in [2.05, 4.69) is 93.6 Å². The smallest absolute Gasteiger partial charge is 0.157 e. The van der Waals surface area contributed by atoms with Crippen molar-refractivity contribution < 1.29 is 26.5 Å². The first-order valence-electron chi connectivity index (χ1n) is 14.3. The van der Waals surface area contributed by atoms with E-state index in [1.54, 1.807) is 15.9 Å². The van der Waals surface area contributed by atoms with Crippen molar-refractivity contribution in [2.75, 3.05) is 19.4 Å². The van der Waals surface area contributed by atoms with Crippen molar-refractivity contribution in [3.8, 4) is 0 Å². The Balaban J connectivity index is 0.00000507. The Morgan fingerprint density at radius 3 is 1.32 bits per heavy atom. The first kappa shape index (κ1) is 32.7. The van der Waals surface area contributed by atoms with Gasteiger partial charge in [0.15, 0.2) is 6.29 Å². The third kappa shape index (κ3) is 8.49. The Bertz CT molecular complexity index is 966. The topological polar surface area (TPSA) is 18.5 Å². The van der Waals surface area contributed by atoms with Crippen LogP contribution in [0.15, 0.2) is 72.8 Å². The van der Waals surface area contributed by atoms with Gasteiger partial charge in [-0.3, -0.25) is 0 Å². The molecule has 3 aromatic rings. The number of aryl methyl sites for hydroxylation is 3. The van der Waals surface area contributed by atoms with E-state index in [1.165, 1.54) is 61.4 Å². The van der Waals surface area contributed by atoms with E-state index in [0.29, 0.717) is 0 Å². The minimum Gasteiger partial charge on any atom is -1.00 e. The van der Waals surface area contributed by atoms with Gasteiger partial charge in [-0.15, -0.1) is 0 Å². The van der Waals surface area contributed by atoms with Gasteiger partial charge in [-0.1, -0.05) is 73.9 Å². The van der Waals surface area contributed by atoms with Gasteiger partial charge in [0.05, 0.1) is 6.16 Å². The van der Waals surface area contributed by atoms with E-state index in [9.17, 15) is 0 Å². The number of hydrogen-bond donors (Lipinski definition) is 0. The van der Waals surface area contributed by atoms with E-state index < -0.39 is 7.26 Å². The maximum atomic E-state index is 5.70.